The summed E-state index contributed by atoms with van der Waals surface area (Å²) in [7, 11) is 1.50. The number of hydrogen-bond acceptors (Lipinski definition) is 10. The topological polar surface area (TPSA) is 121 Å². The Balaban J connectivity index is 1.38. The molecule has 0 saturated carbocycles. The third kappa shape index (κ3) is 9.26. The standard InChI is InChI=1S/C39H49N7O5/c1-8-44(9-2)35(47)25-50-31-17-18-33(34(23-31)49-7)51-38-32(37(48)42-36-27(5)11-10-12-28(36)6)24-40-39(43-38)41-29-13-15-30(16-14-29)46-21-19-45(20-22-46)26(3)4/h10-18,23-24,26H,8-9,19-22,25H2,1-7H3,(H,42,48)(H,40,41,43). The zero-order chi connectivity index (χ0) is 36.5. The van der Waals surface area contributed by atoms with Crippen molar-refractivity contribution < 1.29 is 23.8 Å². The highest BCUT2D eigenvalue weighted by molar-refractivity contribution is 6.06. The number of methoxy groups -OCH3 is 1. The van der Waals surface area contributed by atoms with E-state index in [1.54, 1.807) is 23.1 Å². The maximum absolute atomic E-state index is 13.7. The highest BCUT2D eigenvalue weighted by atomic mass is 16.5. The third-order valence-electron chi connectivity index (χ3n) is 9.07. The first-order chi connectivity index (χ1) is 24.6. The lowest BCUT2D eigenvalue weighted by Gasteiger charge is -2.38. The number of ether oxygens (including phenoxy) is 3. The molecule has 1 aliphatic heterocycles. The van der Waals surface area contributed by atoms with E-state index in [0.29, 0.717) is 42.1 Å². The van der Waals surface area contributed by atoms with Gasteiger partial charge in [-0.2, -0.15) is 4.98 Å². The SMILES string of the molecule is CCN(CC)C(=O)COc1ccc(Oc2nc(Nc3ccc(N4CCN(C(C)C)CC4)cc3)ncc2C(=O)Nc2c(C)cccc2C)c(OC)c1. The van der Waals surface area contributed by atoms with Crippen LogP contribution < -0.4 is 29.7 Å². The summed E-state index contributed by atoms with van der Waals surface area (Å²) in [6, 6.07) is 19.5. The molecule has 5 rings (SSSR count). The molecule has 0 bridgehead atoms. The lowest BCUT2D eigenvalue weighted by Crippen LogP contribution is -2.48. The van der Waals surface area contributed by atoms with Crippen LogP contribution in [0.15, 0.2) is 66.9 Å². The van der Waals surface area contributed by atoms with Crippen molar-refractivity contribution in [2.75, 3.05) is 68.5 Å². The lowest BCUT2D eigenvalue weighted by molar-refractivity contribution is -0.132. The fourth-order valence-electron chi connectivity index (χ4n) is 5.97. The van der Waals surface area contributed by atoms with Crippen molar-refractivity contribution >= 4 is 34.8 Å². The van der Waals surface area contributed by atoms with Gasteiger partial charge in [0, 0.05) is 74.6 Å². The summed E-state index contributed by atoms with van der Waals surface area (Å²) in [4.78, 5) is 41.9. The number of amides is 2. The highest BCUT2D eigenvalue weighted by Gasteiger charge is 2.22. The lowest BCUT2D eigenvalue weighted by atomic mass is 10.1. The number of piperazine rings is 1. The summed E-state index contributed by atoms with van der Waals surface area (Å²) in [5.74, 6) is 0.807. The van der Waals surface area contributed by atoms with Gasteiger partial charge in [0.1, 0.15) is 11.3 Å². The summed E-state index contributed by atoms with van der Waals surface area (Å²) in [6.07, 6.45) is 1.44. The molecule has 1 aromatic heterocycles. The molecule has 1 fully saturated rings. The molecular formula is C39H49N7O5. The number of benzene rings is 3. The molecule has 12 nitrogen and oxygen atoms in total. The average molecular weight is 696 g/mol. The predicted octanol–water partition coefficient (Wildman–Crippen LogP) is 6.67. The fourth-order valence-corrected chi connectivity index (χ4v) is 5.97. The number of carbonyl (C=O) groups is 2. The predicted molar refractivity (Wildman–Crippen MR) is 201 cm³/mol. The van der Waals surface area contributed by atoms with Crippen molar-refractivity contribution in [2.24, 2.45) is 0 Å². The molecule has 0 spiro atoms. The van der Waals surface area contributed by atoms with E-state index in [2.05, 4.69) is 56.4 Å². The van der Waals surface area contributed by atoms with Crippen molar-refractivity contribution in [1.29, 1.82) is 0 Å². The zero-order valence-electron chi connectivity index (χ0n) is 30.7. The zero-order valence-corrected chi connectivity index (χ0v) is 30.7. The van der Waals surface area contributed by atoms with Gasteiger partial charge in [0.05, 0.1) is 7.11 Å². The van der Waals surface area contributed by atoms with Crippen LogP contribution in [0, 0.1) is 13.8 Å². The van der Waals surface area contributed by atoms with Crippen molar-refractivity contribution in [3.05, 3.63) is 83.6 Å². The summed E-state index contributed by atoms with van der Waals surface area (Å²) in [5, 5.41) is 6.26. The normalized spacial score (nSPS) is 13.1. The second-order valence-corrected chi connectivity index (χ2v) is 12.7. The number of nitrogens with one attached hydrogen (secondary N) is 2. The van der Waals surface area contributed by atoms with Crippen molar-refractivity contribution in [1.82, 2.24) is 19.8 Å². The smallest absolute Gasteiger partial charge is 0.262 e. The molecule has 2 heterocycles. The van der Waals surface area contributed by atoms with Gasteiger partial charge in [-0.25, -0.2) is 4.98 Å². The number of hydrogen-bond donors (Lipinski definition) is 2. The summed E-state index contributed by atoms with van der Waals surface area (Å²) in [6.45, 7) is 17.3. The van der Waals surface area contributed by atoms with Crippen LogP contribution in [0.1, 0.15) is 49.2 Å². The summed E-state index contributed by atoms with van der Waals surface area (Å²) >= 11 is 0. The van der Waals surface area contributed by atoms with Gasteiger partial charge in [0.15, 0.2) is 18.1 Å². The molecule has 1 saturated heterocycles. The van der Waals surface area contributed by atoms with Gasteiger partial charge in [0.25, 0.3) is 11.8 Å². The second-order valence-electron chi connectivity index (χ2n) is 12.7. The van der Waals surface area contributed by atoms with Crippen LogP contribution >= 0.6 is 0 Å². The minimum Gasteiger partial charge on any atom is -0.493 e. The monoisotopic (exact) mass is 695 g/mol. The molecule has 2 N–H and O–H groups in total. The maximum atomic E-state index is 13.7. The Bertz CT molecular complexity index is 1780. The van der Waals surface area contributed by atoms with Crippen molar-refractivity contribution in [2.45, 2.75) is 47.6 Å². The van der Waals surface area contributed by atoms with E-state index in [1.807, 2.05) is 58.0 Å². The number of likely N-dealkylation sites (N-methyl/N-ethyl adjacent to an activating group) is 1. The molecule has 1 aliphatic rings. The number of aryl methyl sites for hydroxylation is 2. The van der Waals surface area contributed by atoms with E-state index in [0.717, 1.165) is 48.7 Å². The van der Waals surface area contributed by atoms with Crippen molar-refractivity contribution in [3.8, 4) is 23.1 Å². The van der Waals surface area contributed by atoms with Crippen LogP contribution in [0.25, 0.3) is 0 Å². The largest absolute Gasteiger partial charge is 0.493 e. The van der Waals surface area contributed by atoms with Crippen LogP contribution in [0.4, 0.5) is 23.0 Å². The van der Waals surface area contributed by atoms with Crippen LogP contribution in [0.5, 0.6) is 23.1 Å². The fraction of sp³-hybridized carbons (Fsp3) is 0.385. The molecule has 0 radical (unpaired) electrons. The minimum absolute atomic E-state index is 0.0274. The number of carbonyl (C=O) groups excluding carboxylic acids is 2. The van der Waals surface area contributed by atoms with Crippen LogP contribution in [-0.4, -0.2) is 90.6 Å². The summed E-state index contributed by atoms with van der Waals surface area (Å²) < 4.78 is 17.7. The number of para-hydroxylation sites is 1. The van der Waals surface area contributed by atoms with Gasteiger partial charge < -0.3 is 34.6 Å². The van der Waals surface area contributed by atoms with Crippen LogP contribution in [0.3, 0.4) is 0 Å². The Morgan fingerprint density at radius 2 is 1.61 bits per heavy atom. The first-order valence-electron chi connectivity index (χ1n) is 17.5. The van der Waals surface area contributed by atoms with Crippen molar-refractivity contribution in [3.63, 3.8) is 0 Å². The molecule has 12 heteroatoms. The Kier molecular flexibility index (Phi) is 12.3. The third-order valence-corrected chi connectivity index (χ3v) is 9.07. The first kappa shape index (κ1) is 36.9. The van der Waals surface area contributed by atoms with Gasteiger partial charge in [-0.3, -0.25) is 14.5 Å². The Hall–Kier alpha value is -5.36. The molecule has 0 atom stereocenters. The van der Waals surface area contributed by atoms with E-state index in [-0.39, 0.29) is 29.9 Å². The van der Waals surface area contributed by atoms with E-state index < -0.39 is 5.91 Å². The number of nitrogens with zero attached hydrogens (tertiary/aromatic N) is 5. The number of rotatable bonds is 14. The molecule has 2 amide bonds. The van der Waals surface area contributed by atoms with E-state index in [4.69, 9.17) is 14.2 Å². The molecule has 0 unspecified atom stereocenters. The average Bonchev–Trinajstić information content (AvgIpc) is 3.13. The first-order valence-corrected chi connectivity index (χ1v) is 17.5. The Morgan fingerprint density at radius 3 is 2.24 bits per heavy atom. The molecule has 0 aliphatic carbocycles. The molecule has 270 valence electrons. The number of anilines is 4. The van der Waals surface area contributed by atoms with E-state index >= 15 is 0 Å². The molecule has 4 aromatic rings. The van der Waals surface area contributed by atoms with Crippen LogP contribution in [0.2, 0.25) is 0 Å². The highest BCUT2D eigenvalue weighted by Crippen LogP contribution is 2.36. The van der Waals surface area contributed by atoms with Gasteiger partial charge in [-0.15, -0.1) is 0 Å². The van der Waals surface area contributed by atoms with Gasteiger partial charge in [0.2, 0.25) is 11.8 Å². The molecule has 3 aromatic carbocycles. The maximum Gasteiger partial charge on any atom is 0.262 e. The summed E-state index contributed by atoms with van der Waals surface area (Å²) in [5.41, 5.74) is 4.63. The minimum atomic E-state index is -0.426. The van der Waals surface area contributed by atoms with Gasteiger partial charge >= 0.3 is 0 Å². The molecule has 51 heavy (non-hydrogen) atoms. The second kappa shape index (κ2) is 17.0. The Morgan fingerprint density at radius 1 is 0.922 bits per heavy atom. The molecular weight excluding hydrogens is 646 g/mol. The van der Waals surface area contributed by atoms with Gasteiger partial charge in [-0.1, -0.05) is 18.2 Å². The van der Waals surface area contributed by atoms with E-state index in [1.165, 1.54) is 13.3 Å². The Labute approximate surface area is 300 Å². The van der Waals surface area contributed by atoms with Crippen LogP contribution in [-0.2, 0) is 4.79 Å². The van der Waals surface area contributed by atoms with Gasteiger partial charge in [-0.05, 0) is 89.1 Å². The quantitative estimate of drug-likeness (QED) is 0.148. The number of aromatic nitrogens is 2. The van der Waals surface area contributed by atoms with E-state index in [9.17, 15) is 9.59 Å².